The van der Waals surface area contributed by atoms with Crippen molar-refractivity contribution in [3.8, 4) is 0 Å². The summed E-state index contributed by atoms with van der Waals surface area (Å²) in [5.74, 6) is -0.507. The van der Waals surface area contributed by atoms with Gasteiger partial charge >= 0.3 is 12.1 Å². The highest BCUT2D eigenvalue weighted by Crippen LogP contribution is 2.38. The van der Waals surface area contributed by atoms with Crippen LogP contribution in [-0.4, -0.2) is 50.6 Å². The van der Waals surface area contributed by atoms with Gasteiger partial charge in [-0.3, -0.25) is 4.90 Å². The van der Waals surface area contributed by atoms with Gasteiger partial charge in [0.25, 0.3) is 8.32 Å². The molecule has 0 radical (unpaired) electrons. The fourth-order valence-corrected chi connectivity index (χ4v) is 10.8. The van der Waals surface area contributed by atoms with E-state index in [4.69, 9.17) is 13.9 Å². The maximum Gasteiger partial charge on any atom is 0.410 e. The second kappa shape index (κ2) is 15.2. The number of hydrogen-bond donors (Lipinski definition) is 0. The largest absolute Gasteiger partial charge is 0.463 e. The van der Waals surface area contributed by atoms with E-state index in [1.54, 1.807) is 17.9 Å². The molecule has 1 aliphatic rings. The first-order chi connectivity index (χ1) is 21.2. The van der Waals surface area contributed by atoms with Crippen molar-refractivity contribution in [2.45, 2.75) is 64.3 Å². The summed E-state index contributed by atoms with van der Waals surface area (Å²) >= 11 is 0. The zero-order valence-corrected chi connectivity index (χ0v) is 27.4. The minimum Gasteiger partial charge on any atom is -0.463 e. The Morgan fingerprint density at radius 3 is 1.98 bits per heavy atom. The maximum atomic E-state index is 14.0. The van der Waals surface area contributed by atoms with E-state index in [2.05, 4.69) is 75.9 Å². The molecule has 3 aromatic carbocycles. The van der Waals surface area contributed by atoms with Gasteiger partial charge in [0.1, 0.15) is 6.61 Å². The van der Waals surface area contributed by atoms with E-state index in [1.165, 1.54) is 16.4 Å². The number of esters is 1. The Labute approximate surface area is 263 Å². The van der Waals surface area contributed by atoms with Crippen LogP contribution in [0.2, 0.25) is 5.04 Å². The molecule has 1 fully saturated rings. The zero-order chi connectivity index (χ0) is 31.6. The molecule has 0 unspecified atom stereocenters. The molecule has 0 bridgehead atoms. The second-order valence-electron chi connectivity index (χ2n) is 12.2. The highest BCUT2D eigenvalue weighted by molar-refractivity contribution is 6.99. The first-order valence-corrected chi connectivity index (χ1v) is 17.3. The van der Waals surface area contributed by atoms with Crippen LogP contribution in [0.15, 0.2) is 116 Å². The molecule has 6 nitrogen and oxygen atoms in total. The summed E-state index contributed by atoms with van der Waals surface area (Å²) in [4.78, 5) is 28.1. The molecule has 4 rings (SSSR count). The van der Waals surface area contributed by atoms with E-state index >= 15 is 0 Å². The standard InChI is InChI=1S/C37H45NO5Si/c1-6-30-23-24-31(28-43-44(37(3,4)5,32-19-13-9-14-20-32)33-21-15-10-16-22-33)38(34(30)25-26-35(39)41-7-2)36(40)42-27-29-17-11-8-12-18-29/h6,8-22,25-26,30-31,34H,1,7,23-24,27-28H2,2-5H3/b26-25+/t30-,31+,34+/m1/s1. The Hall–Kier alpha value is -3.94. The van der Waals surface area contributed by atoms with E-state index in [-0.39, 0.29) is 30.2 Å². The SMILES string of the molecule is C=C[C@@H]1CC[C@@H](CO[Si](c2ccccc2)(c2ccccc2)C(C)(C)C)N(C(=O)OCc2ccccc2)[C@H]1/C=C/C(=O)OCC. The Morgan fingerprint density at radius 2 is 1.45 bits per heavy atom. The molecule has 3 aromatic rings. The van der Waals surface area contributed by atoms with Crippen molar-refractivity contribution in [1.29, 1.82) is 0 Å². The van der Waals surface area contributed by atoms with Crippen LogP contribution >= 0.6 is 0 Å². The minimum absolute atomic E-state index is 0.0610. The molecule has 0 N–H and O–H groups in total. The first-order valence-electron chi connectivity index (χ1n) is 15.4. The van der Waals surface area contributed by atoms with Crippen LogP contribution in [0.5, 0.6) is 0 Å². The number of carbonyl (C=O) groups is 2. The van der Waals surface area contributed by atoms with Crippen molar-refractivity contribution in [3.05, 3.63) is 121 Å². The van der Waals surface area contributed by atoms with E-state index in [9.17, 15) is 9.59 Å². The average Bonchev–Trinajstić information content (AvgIpc) is 3.03. The lowest BCUT2D eigenvalue weighted by Crippen LogP contribution is -2.68. The number of ether oxygens (including phenoxy) is 2. The van der Waals surface area contributed by atoms with Gasteiger partial charge in [-0.1, -0.05) is 124 Å². The highest BCUT2D eigenvalue weighted by Gasteiger charge is 2.51. The molecule has 3 atom stereocenters. The van der Waals surface area contributed by atoms with Crippen molar-refractivity contribution in [2.75, 3.05) is 13.2 Å². The summed E-state index contributed by atoms with van der Waals surface area (Å²) < 4.78 is 18.3. The highest BCUT2D eigenvalue weighted by atomic mass is 28.4. The van der Waals surface area contributed by atoms with Crippen molar-refractivity contribution < 1.29 is 23.5 Å². The summed E-state index contributed by atoms with van der Waals surface area (Å²) in [5.41, 5.74) is 0.900. The molecule has 232 valence electrons. The van der Waals surface area contributed by atoms with E-state index < -0.39 is 26.4 Å². The Bertz CT molecular complexity index is 1350. The third-order valence-electron chi connectivity index (χ3n) is 8.33. The molecule has 0 spiro atoms. The fraction of sp³-hybridized carbons (Fsp3) is 0.351. The molecule has 1 aliphatic heterocycles. The summed E-state index contributed by atoms with van der Waals surface area (Å²) in [6, 6.07) is 29.9. The topological polar surface area (TPSA) is 65.1 Å². The number of piperidine rings is 1. The molecule has 1 amide bonds. The average molecular weight is 612 g/mol. The maximum absolute atomic E-state index is 14.0. The fourth-order valence-electron chi connectivity index (χ4n) is 6.22. The molecular formula is C37H45NO5Si. The van der Waals surface area contributed by atoms with Crippen molar-refractivity contribution in [2.24, 2.45) is 5.92 Å². The summed E-state index contributed by atoms with van der Waals surface area (Å²) in [6.07, 6.45) is 6.07. The number of likely N-dealkylation sites (tertiary alicyclic amines) is 1. The molecule has 1 saturated heterocycles. The minimum atomic E-state index is -2.85. The van der Waals surface area contributed by atoms with E-state index in [0.29, 0.717) is 13.0 Å². The molecule has 7 heteroatoms. The summed E-state index contributed by atoms with van der Waals surface area (Å²) in [7, 11) is -2.85. The third kappa shape index (κ3) is 7.58. The monoisotopic (exact) mass is 611 g/mol. The van der Waals surface area contributed by atoms with E-state index in [0.717, 1.165) is 12.0 Å². The van der Waals surface area contributed by atoms with Gasteiger partial charge in [0.2, 0.25) is 0 Å². The van der Waals surface area contributed by atoms with Crippen LogP contribution in [0.4, 0.5) is 4.79 Å². The number of nitrogens with zero attached hydrogens (tertiary/aromatic N) is 1. The van der Waals surface area contributed by atoms with Crippen LogP contribution in [0.3, 0.4) is 0 Å². The molecule has 44 heavy (non-hydrogen) atoms. The Morgan fingerprint density at radius 1 is 0.886 bits per heavy atom. The van der Waals surface area contributed by atoms with Gasteiger partial charge in [0.05, 0.1) is 25.3 Å². The lowest BCUT2D eigenvalue weighted by molar-refractivity contribution is -0.137. The van der Waals surface area contributed by atoms with E-state index in [1.807, 2.05) is 48.5 Å². The molecule has 0 aliphatic carbocycles. The van der Waals surface area contributed by atoms with Gasteiger partial charge in [-0.2, -0.15) is 0 Å². The number of hydrogen-bond acceptors (Lipinski definition) is 5. The predicted octanol–water partition coefficient (Wildman–Crippen LogP) is 6.65. The van der Waals surface area contributed by atoms with Gasteiger partial charge in [-0.15, -0.1) is 6.58 Å². The molecule has 1 heterocycles. The van der Waals surface area contributed by atoms with Crippen LogP contribution in [0.25, 0.3) is 0 Å². The lowest BCUT2D eigenvalue weighted by Gasteiger charge is -2.47. The van der Waals surface area contributed by atoms with Crippen molar-refractivity contribution >= 4 is 30.8 Å². The molecule has 0 aromatic heterocycles. The van der Waals surface area contributed by atoms with Gasteiger partial charge < -0.3 is 13.9 Å². The van der Waals surface area contributed by atoms with Gasteiger partial charge in [0, 0.05) is 12.0 Å². The summed E-state index contributed by atoms with van der Waals surface area (Å²) in [5, 5.41) is 2.14. The second-order valence-corrected chi connectivity index (χ2v) is 16.5. The Kier molecular flexibility index (Phi) is 11.4. The zero-order valence-electron chi connectivity index (χ0n) is 26.4. The smallest absolute Gasteiger partial charge is 0.410 e. The molecule has 0 saturated carbocycles. The van der Waals surface area contributed by atoms with Crippen LogP contribution < -0.4 is 10.4 Å². The van der Waals surface area contributed by atoms with Crippen molar-refractivity contribution in [1.82, 2.24) is 4.90 Å². The third-order valence-corrected chi connectivity index (χ3v) is 13.3. The number of benzene rings is 3. The molecular weight excluding hydrogens is 566 g/mol. The van der Waals surface area contributed by atoms with Gasteiger partial charge in [0.15, 0.2) is 0 Å². The normalized spacial score (nSPS) is 19.0. The quantitative estimate of drug-likeness (QED) is 0.105. The number of carbonyl (C=O) groups excluding carboxylic acids is 2. The van der Waals surface area contributed by atoms with Crippen LogP contribution in [0.1, 0.15) is 46.1 Å². The number of amides is 1. The summed E-state index contributed by atoms with van der Waals surface area (Å²) in [6.45, 7) is 13.3. The van der Waals surface area contributed by atoms with Crippen LogP contribution in [-0.2, 0) is 25.3 Å². The first kappa shape index (κ1) is 33.0. The Balaban J connectivity index is 1.72. The van der Waals surface area contributed by atoms with Gasteiger partial charge in [-0.25, -0.2) is 9.59 Å². The predicted molar refractivity (Wildman–Crippen MR) is 178 cm³/mol. The lowest BCUT2D eigenvalue weighted by atomic mass is 9.85. The van der Waals surface area contributed by atoms with Gasteiger partial charge in [-0.05, 0) is 40.7 Å². The number of rotatable bonds is 11. The van der Waals surface area contributed by atoms with Crippen LogP contribution in [0, 0.1) is 5.92 Å². The van der Waals surface area contributed by atoms with Crippen molar-refractivity contribution in [3.63, 3.8) is 0 Å².